The molecule has 1 aromatic carbocycles. The number of benzene rings is 1. The molecular formula is C19H26FN3O2S2. The van der Waals surface area contributed by atoms with Gasteiger partial charge in [-0.3, -0.25) is 4.90 Å². The molecule has 0 aliphatic carbocycles. The Morgan fingerprint density at radius 1 is 1.11 bits per heavy atom. The van der Waals surface area contributed by atoms with E-state index < -0.39 is 10.0 Å². The number of hydrogen-bond donors (Lipinski definition) is 1. The summed E-state index contributed by atoms with van der Waals surface area (Å²) in [5, 5.41) is 0. The Labute approximate surface area is 164 Å². The highest BCUT2D eigenvalue weighted by atomic mass is 32.2. The molecule has 3 rings (SSSR count). The average Bonchev–Trinajstić information content (AvgIpc) is 3.17. The molecule has 1 N–H and O–H groups in total. The fourth-order valence-electron chi connectivity index (χ4n) is 3.19. The molecule has 5 nitrogen and oxygen atoms in total. The number of sulfonamides is 1. The van der Waals surface area contributed by atoms with Crippen molar-refractivity contribution in [2.24, 2.45) is 0 Å². The van der Waals surface area contributed by atoms with E-state index in [2.05, 4.69) is 14.5 Å². The molecule has 0 radical (unpaired) electrons. The van der Waals surface area contributed by atoms with Crippen LogP contribution in [0.1, 0.15) is 18.2 Å². The van der Waals surface area contributed by atoms with Crippen LogP contribution in [0, 0.1) is 5.82 Å². The predicted octanol–water partition coefficient (Wildman–Crippen LogP) is 2.94. The van der Waals surface area contributed by atoms with Gasteiger partial charge in [0.05, 0.1) is 5.69 Å². The van der Waals surface area contributed by atoms with E-state index in [0.29, 0.717) is 16.4 Å². The van der Waals surface area contributed by atoms with Crippen molar-refractivity contribution < 1.29 is 12.8 Å². The highest BCUT2D eigenvalue weighted by Gasteiger charge is 2.20. The molecule has 0 unspecified atom stereocenters. The van der Waals surface area contributed by atoms with E-state index in [-0.39, 0.29) is 5.82 Å². The van der Waals surface area contributed by atoms with E-state index in [1.165, 1.54) is 17.4 Å². The second kappa shape index (κ2) is 9.14. The lowest BCUT2D eigenvalue weighted by Gasteiger charge is -2.36. The van der Waals surface area contributed by atoms with Gasteiger partial charge in [0.25, 0.3) is 0 Å². The van der Waals surface area contributed by atoms with E-state index >= 15 is 0 Å². The fourth-order valence-corrected chi connectivity index (χ4v) is 5.61. The molecule has 0 amide bonds. The van der Waals surface area contributed by atoms with Gasteiger partial charge in [0.15, 0.2) is 0 Å². The highest BCUT2D eigenvalue weighted by Crippen LogP contribution is 2.22. The number of aryl methyl sites for hydroxylation is 1. The average molecular weight is 412 g/mol. The van der Waals surface area contributed by atoms with Crippen LogP contribution in [0.5, 0.6) is 0 Å². The first kappa shape index (κ1) is 20.3. The van der Waals surface area contributed by atoms with E-state index in [0.717, 1.165) is 50.4 Å². The number of rotatable bonds is 8. The summed E-state index contributed by atoms with van der Waals surface area (Å²) >= 11 is 1.33. The van der Waals surface area contributed by atoms with Crippen molar-refractivity contribution in [1.29, 1.82) is 0 Å². The zero-order valence-corrected chi connectivity index (χ0v) is 17.2. The first-order valence-corrected chi connectivity index (χ1v) is 11.6. The van der Waals surface area contributed by atoms with Crippen LogP contribution in [0.3, 0.4) is 0 Å². The van der Waals surface area contributed by atoms with Crippen LogP contribution in [0.2, 0.25) is 0 Å². The number of hydrogen-bond acceptors (Lipinski definition) is 5. The monoisotopic (exact) mass is 411 g/mol. The lowest BCUT2D eigenvalue weighted by molar-refractivity contribution is 0.255. The number of nitrogens with zero attached hydrogens (tertiary/aromatic N) is 2. The summed E-state index contributed by atoms with van der Waals surface area (Å²) in [6.45, 7) is 6.54. The maximum atomic E-state index is 13.9. The lowest BCUT2D eigenvalue weighted by Crippen LogP contribution is -2.47. The standard InChI is InChI=1S/C19H26FN3O2S2/c1-2-16-8-9-19(26-16)27(24,25)21-10-5-11-22-12-14-23(15-13-22)18-7-4-3-6-17(18)20/h3-4,6-9,21H,2,5,10-15H2,1H3. The van der Waals surface area contributed by atoms with Crippen LogP contribution in [0.15, 0.2) is 40.6 Å². The first-order valence-electron chi connectivity index (χ1n) is 9.30. The SMILES string of the molecule is CCc1ccc(S(=O)(=O)NCCCN2CCN(c3ccccc3F)CC2)s1. The van der Waals surface area contributed by atoms with Gasteiger partial charge in [0.2, 0.25) is 10.0 Å². The van der Waals surface area contributed by atoms with Crippen molar-refractivity contribution in [3.8, 4) is 0 Å². The second-order valence-corrected chi connectivity index (χ2v) is 9.77. The summed E-state index contributed by atoms with van der Waals surface area (Å²) in [4.78, 5) is 5.44. The maximum absolute atomic E-state index is 13.9. The summed E-state index contributed by atoms with van der Waals surface area (Å²) in [6.07, 6.45) is 1.60. The minimum atomic E-state index is -3.40. The summed E-state index contributed by atoms with van der Waals surface area (Å²) in [7, 11) is -3.40. The van der Waals surface area contributed by atoms with E-state index in [9.17, 15) is 12.8 Å². The Morgan fingerprint density at radius 3 is 2.52 bits per heavy atom. The van der Waals surface area contributed by atoms with Crippen molar-refractivity contribution in [2.75, 3.05) is 44.2 Å². The number of halogens is 1. The van der Waals surface area contributed by atoms with Crippen LogP contribution >= 0.6 is 11.3 Å². The summed E-state index contributed by atoms with van der Waals surface area (Å²) in [5.41, 5.74) is 0.660. The highest BCUT2D eigenvalue weighted by molar-refractivity contribution is 7.91. The van der Waals surface area contributed by atoms with Crippen molar-refractivity contribution in [2.45, 2.75) is 24.0 Å². The zero-order chi connectivity index (χ0) is 19.3. The fraction of sp³-hybridized carbons (Fsp3) is 0.474. The largest absolute Gasteiger partial charge is 0.367 e. The molecule has 0 saturated carbocycles. The first-order chi connectivity index (χ1) is 13.0. The molecule has 1 aromatic heterocycles. The van der Waals surface area contributed by atoms with Gasteiger partial charge in [-0.2, -0.15) is 0 Å². The summed E-state index contributed by atoms with van der Waals surface area (Å²) in [6, 6.07) is 10.4. The molecule has 0 bridgehead atoms. The molecule has 1 aliphatic heterocycles. The Balaban J connectivity index is 1.40. The molecule has 1 saturated heterocycles. The van der Waals surface area contributed by atoms with Crippen LogP contribution < -0.4 is 9.62 Å². The van der Waals surface area contributed by atoms with Crippen molar-refractivity contribution in [3.63, 3.8) is 0 Å². The Morgan fingerprint density at radius 2 is 1.85 bits per heavy atom. The number of anilines is 1. The zero-order valence-electron chi connectivity index (χ0n) is 15.5. The van der Waals surface area contributed by atoms with Crippen molar-refractivity contribution in [1.82, 2.24) is 9.62 Å². The third kappa shape index (κ3) is 5.28. The van der Waals surface area contributed by atoms with Gasteiger partial charge in [-0.1, -0.05) is 19.1 Å². The molecular weight excluding hydrogens is 385 g/mol. The van der Waals surface area contributed by atoms with Gasteiger partial charge in [-0.05, 0) is 43.7 Å². The number of para-hydroxylation sites is 1. The number of piperazine rings is 1. The number of thiophene rings is 1. The molecule has 148 valence electrons. The van der Waals surface area contributed by atoms with Crippen LogP contribution in [0.25, 0.3) is 0 Å². The molecule has 1 aliphatic rings. The lowest BCUT2D eigenvalue weighted by atomic mass is 10.2. The van der Waals surface area contributed by atoms with Gasteiger partial charge >= 0.3 is 0 Å². The maximum Gasteiger partial charge on any atom is 0.250 e. The minimum Gasteiger partial charge on any atom is -0.367 e. The minimum absolute atomic E-state index is 0.180. The topological polar surface area (TPSA) is 52.7 Å². The Bertz CT molecular complexity index is 846. The third-order valence-electron chi connectivity index (χ3n) is 4.76. The molecule has 0 atom stereocenters. The predicted molar refractivity (Wildman–Crippen MR) is 109 cm³/mol. The van der Waals surface area contributed by atoms with Gasteiger partial charge in [0.1, 0.15) is 10.0 Å². The third-order valence-corrected chi connectivity index (χ3v) is 7.94. The van der Waals surface area contributed by atoms with Gasteiger partial charge < -0.3 is 4.90 Å². The molecule has 0 spiro atoms. The van der Waals surface area contributed by atoms with Crippen molar-refractivity contribution >= 4 is 27.0 Å². The van der Waals surface area contributed by atoms with E-state index in [1.807, 2.05) is 25.1 Å². The van der Waals surface area contributed by atoms with E-state index in [1.54, 1.807) is 12.1 Å². The summed E-state index contributed by atoms with van der Waals surface area (Å²) in [5.74, 6) is -0.180. The summed E-state index contributed by atoms with van der Waals surface area (Å²) < 4.78 is 41.5. The molecule has 1 fully saturated rings. The number of nitrogens with one attached hydrogen (secondary N) is 1. The Hall–Kier alpha value is -1.48. The molecule has 27 heavy (non-hydrogen) atoms. The normalized spacial score (nSPS) is 16.0. The van der Waals surface area contributed by atoms with Gasteiger partial charge in [0, 0.05) is 37.6 Å². The molecule has 8 heteroatoms. The Kier molecular flexibility index (Phi) is 6.86. The van der Waals surface area contributed by atoms with Crippen LogP contribution in [-0.2, 0) is 16.4 Å². The quantitative estimate of drug-likeness (QED) is 0.679. The second-order valence-electron chi connectivity index (χ2n) is 6.61. The molecule has 2 heterocycles. The molecule has 2 aromatic rings. The van der Waals surface area contributed by atoms with E-state index in [4.69, 9.17) is 0 Å². The van der Waals surface area contributed by atoms with Crippen LogP contribution in [0.4, 0.5) is 10.1 Å². The van der Waals surface area contributed by atoms with Crippen molar-refractivity contribution in [3.05, 3.63) is 47.1 Å². The smallest absolute Gasteiger partial charge is 0.250 e. The van der Waals surface area contributed by atoms with Gasteiger partial charge in [-0.15, -0.1) is 11.3 Å². The van der Waals surface area contributed by atoms with Gasteiger partial charge in [-0.25, -0.2) is 17.5 Å². The van der Waals surface area contributed by atoms with Crippen LogP contribution in [-0.4, -0.2) is 52.6 Å².